The first-order chi connectivity index (χ1) is 8.83. The van der Waals surface area contributed by atoms with Crippen LogP contribution in [0.15, 0.2) is 36.4 Å². The molecule has 2 rings (SSSR count). The van der Waals surface area contributed by atoms with Crippen molar-refractivity contribution in [1.82, 2.24) is 10.3 Å². The summed E-state index contributed by atoms with van der Waals surface area (Å²) in [6.45, 7) is 2.86. The van der Waals surface area contributed by atoms with E-state index in [0.717, 1.165) is 30.6 Å². The van der Waals surface area contributed by atoms with Crippen molar-refractivity contribution in [3.05, 3.63) is 42.1 Å². The van der Waals surface area contributed by atoms with Gasteiger partial charge in [-0.2, -0.15) is 0 Å². The van der Waals surface area contributed by atoms with Crippen LogP contribution in [0.2, 0.25) is 0 Å². The number of benzene rings is 1. The van der Waals surface area contributed by atoms with Crippen LogP contribution in [0.25, 0.3) is 10.9 Å². The van der Waals surface area contributed by atoms with Crippen molar-refractivity contribution in [3.63, 3.8) is 0 Å². The molecule has 0 radical (unpaired) electrons. The highest BCUT2D eigenvalue weighted by atomic mass is 14.9. The summed E-state index contributed by atoms with van der Waals surface area (Å²) in [6.07, 6.45) is 7.57. The van der Waals surface area contributed by atoms with Crippen LogP contribution in [0.5, 0.6) is 0 Å². The van der Waals surface area contributed by atoms with E-state index in [1.807, 2.05) is 18.2 Å². The second kappa shape index (κ2) is 6.18. The molecule has 0 aliphatic rings. The van der Waals surface area contributed by atoms with Gasteiger partial charge in [-0.25, -0.2) is 0 Å². The molecule has 0 amide bonds. The third-order valence-electron chi connectivity index (χ3n) is 2.96. The van der Waals surface area contributed by atoms with E-state index in [-0.39, 0.29) is 6.04 Å². The van der Waals surface area contributed by atoms with E-state index >= 15 is 0 Å². The van der Waals surface area contributed by atoms with E-state index in [1.165, 1.54) is 5.39 Å². The Kier molecular flexibility index (Phi) is 4.33. The lowest BCUT2D eigenvalue weighted by atomic mass is 10.1. The molecule has 0 spiro atoms. The topological polar surface area (TPSA) is 24.9 Å². The zero-order valence-corrected chi connectivity index (χ0v) is 10.7. The SMILES string of the molecule is C#CC(CCC)NCc1ccc2ccccc2n1. The van der Waals surface area contributed by atoms with Gasteiger partial charge in [0.15, 0.2) is 0 Å². The summed E-state index contributed by atoms with van der Waals surface area (Å²) >= 11 is 0. The van der Waals surface area contributed by atoms with Crippen molar-refractivity contribution in [3.8, 4) is 12.3 Å². The number of nitrogens with zero attached hydrogens (tertiary/aromatic N) is 1. The monoisotopic (exact) mass is 238 g/mol. The molecule has 0 saturated heterocycles. The van der Waals surface area contributed by atoms with Crippen molar-refractivity contribution in [2.75, 3.05) is 0 Å². The third kappa shape index (κ3) is 3.09. The predicted molar refractivity (Wildman–Crippen MR) is 76.1 cm³/mol. The van der Waals surface area contributed by atoms with Gasteiger partial charge in [0, 0.05) is 11.9 Å². The van der Waals surface area contributed by atoms with Gasteiger partial charge in [0.1, 0.15) is 0 Å². The Labute approximate surface area is 108 Å². The molecule has 1 heterocycles. The van der Waals surface area contributed by atoms with Crippen LogP contribution in [0.3, 0.4) is 0 Å². The highest BCUT2D eigenvalue weighted by molar-refractivity contribution is 5.78. The number of aromatic nitrogens is 1. The normalized spacial score (nSPS) is 12.2. The van der Waals surface area contributed by atoms with E-state index in [1.54, 1.807) is 0 Å². The van der Waals surface area contributed by atoms with Gasteiger partial charge in [-0.1, -0.05) is 43.5 Å². The lowest BCUT2D eigenvalue weighted by molar-refractivity contribution is 0.558. The molecule has 1 N–H and O–H groups in total. The van der Waals surface area contributed by atoms with Gasteiger partial charge in [-0.3, -0.25) is 10.3 Å². The number of hydrogen-bond donors (Lipinski definition) is 1. The molecule has 2 nitrogen and oxygen atoms in total. The van der Waals surface area contributed by atoms with Crippen molar-refractivity contribution in [1.29, 1.82) is 0 Å². The number of rotatable bonds is 5. The summed E-state index contributed by atoms with van der Waals surface area (Å²) in [7, 11) is 0. The predicted octanol–water partition coefficient (Wildman–Crippen LogP) is 3.13. The molecule has 1 atom stereocenters. The first kappa shape index (κ1) is 12.6. The number of hydrogen-bond acceptors (Lipinski definition) is 2. The average Bonchev–Trinajstić information content (AvgIpc) is 2.43. The lowest BCUT2D eigenvalue weighted by Crippen LogP contribution is -2.27. The molecule has 0 aliphatic heterocycles. The van der Waals surface area contributed by atoms with Gasteiger partial charge < -0.3 is 0 Å². The molecule has 92 valence electrons. The standard InChI is InChI=1S/C16H18N2/c1-3-7-14(4-2)17-12-15-11-10-13-8-5-6-9-16(13)18-15/h2,5-6,8-11,14,17H,3,7,12H2,1H3. The fourth-order valence-electron chi connectivity index (χ4n) is 1.97. The van der Waals surface area contributed by atoms with Gasteiger partial charge in [0.05, 0.1) is 17.3 Å². The molecule has 0 bridgehead atoms. The summed E-state index contributed by atoms with van der Waals surface area (Å²) in [5.41, 5.74) is 2.06. The minimum Gasteiger partial charge on any atom is -0.298 e. The van der Waals surface area contributed by atoms with Crippen LogP contribution in [-0.2, 0) is 6.54 Å². The summed E-state index contributed by atoms with van der Waals surface area (Å²) in [5, 5.41) is 4.52. The number of terminal acetylenes is 1. The van der Waals surface area contributed by atoms with Crippen LogP contribution in [0.1, 0.15) is 25.5 Å². The number of fused-ring (bicyclic) bond motifs is 1. The van der Waals surface area contributed by atoms with E-state index in [4.69, 9.17) is 6.42 Å². The Balaban J connectivity index is 2.06. The zero-order chi connectivity index (χ0) is 12.8. The molecule has 18 heavy (non-hydrogen) atoms. The summed E-state index contributed by atoms with van der Waals surface area (Å²) in [6, 6.07) is 12.4. The maximum atomic E-state index is 5.48. The van der Waals surface area contributed by atoms with Crippen LogP contribution in [0, 0.1) is 12.3 Å². The average molecular weight is 238 g/mol. The Morgan fingerprint density at radius 2 is 2.11 bits per heavy atom. The van der Waals surface area contributed by atoms with Gasteiger partial charge in [-0.15, -0.1) is 6.42 Å². The fraction of sp³-hybridized carbons (Fsp3) is 0.312. The summed E-state index contributed by atoms with van der Waals surface area (Å²) in [5.74, 6) is 2.77. The Hall–Kier alpha value is -1.85. The second-order valence-corrected chi connectivity index (χ2v) is 4.38. The van der Waals surface area contributed by atoms with Gasteiger partial charge in [0.25, 0.3) is 0 Å². The lowest BCUT2D eigenvalue weighted by Gasteiger charge is -2.11. The molecule has 1 unspecified atom stereocenters. The maximum absolute atomic E-state index is 5.48. The Morgan fingerprint density at radius 1 is 1.28 bits per heavy atom. The number of nitrogens with one attached hydrogen (secondary N) is 1. The summed E-state index contributed by atoms with van der Waals surface area (Å²) < 4.78 is 0. The fourth-order valence-corrected chi connectivity index (χ4v) is 1.97. The van der Waals surface area contributed by atoms with Crippen molar-refractivity contribution in [2.24, 2.45) is 0 Å². The Morgan fingerprint density at radius 3 is 2.89 bits per heavy atom. The smallest absolute Gasteiger partial charge is 0.0705 e. The third-order valence-corrected chi connectivity index (χ3v) is 2.96. The first-order valence-electron chi connectivity index (χ1n) is 6.37. The van der Waals surface area contributed by atoms with Gasteiger partial charge in [-0.05, 0) is 18.6 Å². The van der Waals surface area contributed by atoms with Crippen molar-refractivity contribution < 1.29 is 0 Å². The molecule has 0 saturated carbocycles. The van der Waals surface area contributed by atoms with Crippen LogP contribution >= 0.6 is 0 Å². The highest BCUT2D eigenvalue weighted by Gasteiger charge is 2.03. The molecule has 1 aromatic heterocycles. The first-order valence-corrected chi connectivity index (χ1v) is 6.37. The second-order valence-electron chi connectivity index (χ2n) is 4.38. The van der Waals surface area contributed by atoms with Crippen LogP contribution < -0.4 is 5.32 Å². The van der Waals surface area contributed by atoms with Gasteiger partial charge in [0.2, 0.25) is 0 Å². The van der Waals surface area contributed by atoms with E-state index < -0.39 is 0 Å². The zero-order valence-electron chi connectivity index (χ0n) is 10.7. The number of pyridine rings is 1. The van der Waals surface area contributed by atoms with E-state index in [9.17, 15) is 0 Å². The molecule has 1 aromatic carbocycles. The van der Waals surface area contributed by atoms with Gasteiger partial charge >= 0.3 is 0 Å². The van der Waals surface area contributed by atoms with Crippen molar-refractivity contribution in [2.45, 2.75) is 32.4 Å². The minimum absolute atomic E-state index is 0.142. The minimum atomic E-state index is 0.142. The number of para-hydroxylation sites is 1. The van der Waals surface area contributed by atoms with E-state index in [0.29, 0.717) is 0 Å². The van der Waals surface area contributed by atoms with E-state index in [2.05, 4.69) is 41.3 Å². The molecule has 2 aromatic rings. The molecular weight excluding hydrogens is 220 g/mol. The molecular formula is C16H18N2. The largest absolute Gasteiger partial charge is 0.298 e. The maximum Gasteiger partial charge on any atom is 0.0705 e. The Bertz CT molecular complexity index is 554. The quantitative estimate of drug-likeness (QED) is 0.809. The highest BCUT2D eigenvalue weighted by Crippen LogP contribution is 2.11. The molecule has 0 fully saturated rings. The van der Waals surface area contributed by atoms with Crippen LogP contribution in [-0.4, -0.2) is 11.0 Å². The van der Waals surface area contributed by atoms with Crippen molar-refractivity contribution >= 4 is 10.9 Å². The molecule has 0 aliphatic carbocycles. The molecule has 2 heteroatoms. The van der Waals surface area contributed by atoms with Crippen LogP contribution in [0.4, 0.5) is 0 Å². The summed E-state index contributed by atoms with van der Waals surface area (Å²) in [4.78, 5) is 4.61.